The summed E-state index contributed by atoms with van der Waals surface area (Å²) in [5.41, 5.74) is 2.60. The number of pyridine rings is 1. The van der Waals surface area contributed by atoms with Crippen molar-refractivity contribution in [1.82, 2.24) is 4.98 Å². The van der Waals surface area contributed by atoms with Crippen molar-refractivity contribution in [3.05, 3.63) is 47.7 Å². The fourth-order valence-electron chi connectivity index (χ4n) is 2.63. The van der Waals surface area contributed by atoms with Crippen molar-refractivity contribution >= 4 is 5.97 Å². The van der Waals surface area contributed by atoms with E-state index in [1.165, 1.54) is 13.3 Å². The van der Waals surface area contributed by atoms with Crippen LogP contribution in [0.5, 0.6) is 5.88 Å². The number of carboxylic acid groups (broad SMARTS) is 1. The van der Waals surface area contributed by atoms with Crippen molar-refractivity contribution in [1.29, 1.82) is 0 Å². The molecule has 0 aliphatic carbocycles. The van der Waals surface area contributed by atoms with E-state index in [4.69, 9.17) is 19.3 Å². The molecular weight excluding hydrogens is 310 g/mol. The van der Waals surface area contributed by atoms with Crippen LogP contribution in [0.1, 0.15) is 22.3 Å². The number of hydrogen-bond acceptors (Lipinski definition) is 5. The molecule has 1 fully saturated rings. The smallest absolute Gasteiger partial charge is 0.337 e. The average Bonchev–Trinajstić information content (AvgIpc) is 3.13. The van der Waals surface area contributed by atoms with Crippen LogP contribution in [-0.4, -0.2) is 42.5 Å². The molecule has 0 amide bonds. The summed E-state index contributed by atoms with van der Waals surface area (Å²) in [7, 11) is 1.51. The zero-order chi connectivity index (χ0) is 16.9. The quantitative estimate of drug-likeness (QED) is 0.878. The molecule has 1 aliphatic rings. The highest BCUT2D eigenvalue weighted by atomic mass is 16.5. The Hall–Kier alpha value is -2.44. The van der Waals surface area contributed by atoms with Gasteiger partial charge in [0.2, 0.25) is 5.88 Å². The number of ether oxygens (including phenoxy) is 3. The maximum atomic E-state index is 11.2. The van der Waals surface area contributed by atoms with Crippen molar-refractivity contribution in [2.24, 2.45) is 0 Å². The van der Waals surface area contributed by atoms with Crippen molar-refractivity contribution < 1.29 is 24.1 Å². The molecule has 126 valence electrons. The molecule has 24 heavy (non-hydrogen) atoms. The largest absolute Gasteiger partial charge is 0.481 e. The number of benzene rings is 1. The Morgan fingerprint density at radius 3 is 3.00 bits per heavy atom. The summed E-state index contributed by atoms with van der Waals surface area (Å²) in [6.07, 6.45) is 2.34. The van der Waals surface area contributed by atoms with E-state index >= 15 is 0 Å². The summed E-state index contributed by atoms with van der Waals surface area (Å²) in [6.45, 7) is 1.86. The van der Waals surface area contributed by atoms with Gasteiger partial charge in [-0.05, 0) is 29.7 Å². The lowest BCUT2D eigenvalue weighted by atomic mass is 10.0. The first-order valence-corrected chi connectivity index (χ1v) is 7.73. The van der Waals surface area contributed by atoms with Crippen LogP contribution in [0.4, 0.5) is 0 Å². The number of aromatic carboxylic acids is 1. The Labute approximate surface area is 140 Å². The summed E-state index contributed by atoms with van der Waals surface area (Å²) in [6, 6.07) is 9.31. The summed E-state index contributed by atoms with van der Waals surface area (Å²) in [4.78, 5) is 15.3. The van der Waals surface area contributed by atoms with Gasteiger partial charge in [-0.15, -0.1) is 0 Å². The van der Waals surface area contributed by atoms with Gasteiger partial charge in [0.15, 0.2) is 0 Å². The molecule has 0 saturated carbocycles. The van der Waals surface area contributed by atoms with Crippen LogP contribution < -0.4 is 4.74 Å². The van der Waals surface area contributed by atoms with E-state index in [1.807, 2.05) is 24.3 Å². The maximum Gasteiger partial charge on any atom is 0.337 e. The van der Waals surface area contributed by atoms with Gasteiger partial charge in [-0.1, -0.05) is 18.2 Å². The maximum absolute atomic E-state index is 11.2. The standard InChI is InChI=1S/C18H19NO5/c1-22-17-16(8-14(9-19-17)18(20)21)13-4-2-3-12(7-13)10-24-15-5-6-23-11-15/h2-4,7-9,15H,5-6,10-11H2,1H3,(H,20,21). The van der Waals surface area contributed by atoms with E-state index in [1.54, 1.807) is 6.07 Å². The van der Waals surface area contributed by atoms with E-state index in [0.717, 1.165) is 24.2 Å². The van der Waals surface area contributed by atoms with Crippen LogP contribution in [0.3, 0.4) is 0 Å². The second-order valence-electron chi connectivity index (χ2n) is 5.58. The van der Waals surface area contributed by atoms with Gasteiger partial charge in [-0.3, -0.25) is 0 Å². The molecule has 3 rings (SSSR count). The van der Waals surface area contributed by atoms with Gasteiger partial charge in [0.05, 0.1) is 32.0 Å². The highest BCUT2D eigenvalue weighted by molar-refractivity contribution is 5.89. The number of carboxylic acids is 1. The van der Waals surface area contributed by atoms with Gasteiger partial charge in [0.25, 0.3) is 0 Å². The summed E-state index contributed by atoms with van der Waals surface area (Å²) < 4.78 is 16.4. The minimum Gasteiger partial charge on any atom is -0.481 e. The molecule has 2 heterocycles. The van der Waals surface area contributed by atoms with E-state index in [0.29, 0.717) is 24.7 Å². The molecule has 0 radical (unpaired) electrons. The van der Waals surface area contributed by atoms with E-state index in [2.05, 4.69) is 4.98 Å². The second kappa shape index (κ2) is 7.42. The molecule has 2 aromatic rings. The fraction of sp³-hybridized carbons (Fsp3) is 0.333. The Kier molecular flexibility index (Phi) is 5.08. The topological polar surface area (TPSA) is 77.9 Å². The van der Waals surface area contributed by atoms with Crippen LogP contribution >= 0.6 is 0 Å². The number of methoxy groups -OCH3 is 1. The fourth-order valence-corrected chi connectivity index (χ4v) is 2.63. The third-order valence-electron chi connectivity index (χ3n) is 3.90. The number of nitrogens with zero attached hydrogens (tertiary/aromatic N) is 1. The van der Waals surface area contributed by atoms with E-state index in [-0.39, 0.29) is 11.7 Å². The lowest BCUT2D eigenvalue weighted by molar-refractivity contribution is 0.0318. The zero-order valence-electron chi connectivity index (χ0n) is 13.4. The van der Waals surface area contributed by atoms with Crippen LogP contribution in [0.25, 0.3) is 11.1 Å². The number of hydrogen-bond donors (Lipinski definition) is 1. The van der Waals surface area contributed by atoms with Gasteiger partial charge in [0.1, 0.15) is 0 Å². The predicted octanol–water partition coefficient (Wildman–Crippen LogP) is 2.76. The summed E-state index contributed by atoms with van der Waals surface area (Å²) in [5, 5.41) is 9.17. The van der Waals surface area contributed by atoms with Crippen molar-refractivity contribution in [2.45, 2.75) is 19.1 Å². The van der Waals surface area contributed by atoms with Crippen LogP contribution in [0, 0.1) is 0 Å². The van der Waals surface area contributed by atoms with Gasteiger partial charge >= 0.3 is 5.97 Å². The predicted molar refractivity (Wildman–Crippen MR) is 87.2 cm³/mol. The van der Waals surface area contributed by atoms with Gasteiger partial charge in [0, 0.05) is 18.4 Å². The van der Waals surface area contributed by atoms with E-state index in [9.17, 15) is 4.79 Å². The lowest BCUT2D eigenvalue weighted by Gasteiger charge is -2.12. The molecule has 1 N–H and O–H groups in total. The van der Waals surface area contributed by atoms with Crippen LogP contribution in [0.15, 0.2) is 36.5 Å². The second-order valence-corrected chi connectivity index (χ2v) is 5.58. The Morgan fingerprint density at radius 1 is 1.42 bits per heavy atom. The first-order chi connectivity index (χ1) is 11.7. The lowest BCUT2D eigenvalue weighted by Crippen LogP contribution is -2.11. The molecule has 0 bridgehead atoms. The van der Waals surface area contributed by atoms with Gasteiger partial charge in [-0.25, -0.2) is 9.78 Å². The molecule has 1 unspecified atom stereocenters. The molecule has 1 aromatic carbocycles. The zero-order valence-corrected chi connectivity index (χ0v) is 13.4. The average molecular weight is 329 g/mol. The highest BCUT2D eigenvalue weighted by Crippen LogP contribution is 2.29. The molecule has 1 aliphatic heterocycles. The molecule has 6 nitrogen and oxygen atoms in total. The van der Waals surface area contributed by atoms with Crippen molar-refractivity contribution in [2.75, 3.05) is 20.3 Å². The number of rotatable bonds is 6. The first kappa shape index (κ1) is 16.4. The third-order valence-corrected chi connectivity index (χ3v) is 3.90. The third kappa shape index (κ3) is 3.72. The van der Waals surface area contributed by atoms with Gasteiger partial charge in [-0.2, -0.15) is 0 Å². The Bertz CT molecular complexity index is 725. The molecule has 1 aromatic heterocycles. The monoisotopic (exact) mass is 329 g/mol. The molecule has 6 heteroatoms. The highest BCUT2D eigenvalue weighted by Gasteiger charge is 2.16. The minimum atomic E-state index is -1.02. The first-order valence-electron chi connectivity index (χ1n) is 7.73. The summed E-state index contributed by atoms with van der Waals surface area (Å²) >= 11 is 0. The number of aromatic nitrogens is 1. The molecular formula is C18H19NO5. The molecule has 0 spiro atoms. The van der Waals surface area contributed by atoms with Gasteiger partial charge < -0.3 is 19.3 Å². The van der Waals surface area contributed by atoms with Crippen LogP contribution in [0.2, 0.25) is 0 Å². The molecule has 1 atom stereocenters. The van der Waals surface area contributed by atoms with Crippen LogP contribution in [-0.2, 0) is 16.1 Å². The minimum absolute atomic E-state index is 0.121. The Balaban J connectivity index is 1.84. The van der Waals surface area contributed by atoms with E-state index < -0.39 is 5.97 Å². The Morgan fingerprint density at radius 2 is 2.29 bits per heavy atom. The number of carbonyl (C=O) groups is 1. The molecule has 1 saturated heterocycles. The normalized spacial score (nSPS) is 17.0. The summed E-state index contributed by atoms with van der Waals surface area (Å²) in [5.74, 6) is -0.630. The van der Waals surface area contributed by atoms with Crippen molar-refractivity contribution in [3.63, 3.8) is 0 Å². The van der Waals surface area contributed by atoms with Crippen molar-refractivity contribution in [3.8, 4) is 17.0 Å². The SMILES string of the molecule is COc1ncc(C(=O)O)cc1-c1cccc(COC2CCOC2)c1.